The van der Waals surface area contributed by atoms with E-state index in [0.29, 0.717) is 24.3 Å². The molecule has 1 fully saturated rings. The Bertz CT molecular complexity index is 2160. The van der Waals surface area contributed by atoms with Crippen molar-refractivity contribution in [1.29, 1.82) is 0 Å². The molecular weight excluding hydrogens is 727 g/mol. The fourth-order valence-electron chi connectivity index (χ4n) is 5.39. The number of aromatic nitrogens is 6. The van der Waals surface area contributed by atoms with Crippen molar-refractivity contribution in [2.24, 2.45) is 14.1 Å². The molecule has 0 aliphatic carbocycles. The van der Waals surface area contributed by atoms with Gasteiger partial charge in [0, 0.05) is 55.2 Å². The molecular formula is C38H42BBrN6O6. The highest BCUT2D eigenvalue weighted by Gasteiger charge is 2.51. The lowest BCUT2D eigenvalue weighted by Crippen LogP contribution is -2.41. The average molecular weight is 770 g/mol. The van der Waals surface area contributed by atoms with E-state index in [1.165, 1.54) is 0 Å². The Morgan fingerprint density at radius 1 is 0.712 bits per heavy atom. The summed E-state index contributed by atoms with van der Waals surface area (Å²) in [5.74, 6) is -0.621. The minimum Gasteiger partial charge on any atom is -0.462 e. The molecule has 0 N–H and O–H groups in total. The van der Waals surface area contributed by atoms with Crippen molar-refractivity contribution in [3.05, 3.63) is 101 Å². The Labute approximate surface area is 311 Å². The van der Waals surface area contributed by atoms with Crippen LogP contribution in [0.15, 0.2) is 90.1 Å². The third-order valence-electron chi connectivity index (χ3n) is 8.86. The van der Waals surface area contributed by atoms with E-state index in [1.54, 1.807) is 66.2 Å². The third kappa shape index (κ3) is 8.41. The summed E-state index contributed by atoms with van der Waals surface area (Å²) in [6.07, 6.45) is 6.96. The van der Waals surface area contributed by atoms with Gasteiger partial charge in [0.15, 0.2) is 0 Å². The number of fused-ring (bicyclic) bond motifs is 2. The van der Waals surface area contributed by atoms with E-state index >= 15 is 0 Å². The molecule has 0 radical (unpaired) electrons. The van der Waals surface area contributed by atoms with Crippen LogP contribution in [-0.2, 0) is 32.9 Å². The summed E-state index contributed by atoms with van der Waals surface area (Å²) in [5, 5.41) is 10.6. The first-order valence-electron chi connectivity index (χ1n) is 16.9. The van der Waals surface area contributed by atoms with Crippen LogP contribution in [0.4, 0.5) is 0 Å². The number of hydrogen-bond donors (Lipinski definition) is 0. The van der Waals surface area contributed by atoms with Crippen molar-refractivity contribution in [2.45, 2.75) is 52.7 Å². The van der Waals surface area contributed by atoms with Crippen LogP contribution in [0.1, 0.15) is 62.3 Å². The molecule has 2 aromatic carbocycles. The van der Waals surface area contributed by atoms with Crippen molar-refractivity contribution in [1.82, 2.24) is 29.5 Å². The largest absolute Gasteiger partial charge is 0.494 e. The van der Waals surface area contributed by atoms with Crippen LogP contribution in [0, 0.1) is 0 Å². The molecule has 0 bridgehead atoms. The minimum atomic E-state index is -0.316. The number of aryl methyl sites for hydroxylation is 2. The maximum absolute atomic E-state index is 11.9. The number of pyridine rings is 2. The van der Waals surface area contributed by atoms with Gasteiger partial charge < -0.3 is 18.8 Å². The summed E-state index contributed by atoms with van der Waals surface area (Å²) in [7, 11) is 3.46. The second-order valence-electron chi connectivity index (χ2n) is 12.9. The minimum absolute atomic E-state index is 0.277. The highest BCUT2D eigenvalue weighted by Crippen LogP contribution is 2.36. The van der Waals surface area contributed by atoms with Gasteiger partial charge in [0.2, 0.25) is 0 Å². The Hall–Kier alpha value is -4.92. The van der Waals surface area contributed by atoms with Gasteiger partial charge in [-0.1, -0.05) is 0 Å². The molecule has 1 aliphatic rings. The predicted octanol–water partition coefficient (Wildman–Crippen LogP) is 6.71. The van der Waals surface area contributed by atoms with Crippen molar-refractivity contribution in [3.63, 3.8) is 0 Å². The SMILES string of the molecule is CC1(C)OB(c2ccncc2)OC1(C)C.CCOC(=O)c1ccc2c(c1)c(-c1ccncc1)nn2C.CCOC(=O)c1ccc2c(c1)c(Br)nn2C. The number of carbonyl (C=O) groups is 2. The first kappa shape index (κ1) is 38.3. The lowest BCUT2D eigenvalue weighted by Gasteiger charge is -2.32. The lowest BCUT2D eigenvalue weighted by molar-refractivity contribution is 0.00578. The molecule has 1 saturated heterocycles. The topological polar surface area (TPSA) is 132 Å². The van der Waals surface area contributed by atoms with Crippen LogP contribution in [0.3, 0.4) is 0 Å². The van der Waals surface area contributed by atoms with Gasteiger partial charge in [-0.2, -0.15) is 10.2 Å². The monoisotopic (exact) mass is 768 g/mol. The first-order valence-corrected chi connectivity index (χ1v) is 17.6. The molecule has 0 saturated carbocycles. The standard InChI is InChI=1S/C16H15N3O2.C11H16BNO2.C11H11BrN2O2/c1-3-21-16(20)12-4-5-14-13(10-12)15(18-19(14)2)11-6-8-17-9-7-11;1-10(2)11(3,4)15-12(14-10)9-5-7-13-8-6-9;1-3-16-11(15)7-4-5-9-8(6-7)10(12)13-14(9)2/h4-10H,3H2,1-2H3;5-8H,1-4H3;4-6H,3H2,1-2H3. The maximum atomic E-state index is 11.9. The summed E-state index contributed by atoms with van der Waals surface area (Å²) in [4.78, 5) is 31.4. The van der Waals surface area contributed by atoms with Gasteiger partial charge in [0.1, 0.15) is 10.3 Å². The molecule has 1 aliphatic heterocycles. The normalized spacial score (nSPS) is 14.3. The summed E-state index contributed by atoms with van der Waals surface area (Å²) in [5.41, 5.74) is 5.29. The van der Waals surface area contributed by atoms with Crippen LogP contribution in [0.2, 0.25) is 0 Å². The molecule has 0 amide bonds. The van der Waals surface area contributed by atoms with Crippen LogP contribution in [0.5, 0.6) is 0 Å². The number of halogens is 1. The second-order valence-corrected chi connectivity index (χ2v) is 13.6. The van der Waals surface area contributed by atoms with Gasteiger partial charge in [-0.3, -0.25) is 19.3 Å². The number of carbonyl (C=O) groups excluding carboxylic acids is 2. The zero-order chi connectivity index (χ0) is 37.6. The zero-order valence-electron chi connectivity index (χ0n) is 30.6. The van der Waals surface area contributed by atoms with E-state index in [0.717, 1.165) is 43.1 Å². The van der Waals surface area contributed by atoms with Gasteiger partial charge in [-0.15, -0.1) is 0 Å². The summed E-state index contributed by atoms with van der Waals surface area (Å²) < 4.78 is 26.1. The molecule has 270 valence electrons. The van der Waals surface area contributed by atoms with E-state index in [9.17, 15) is 9.59 Å². The van der Waals surface area contributed by atoms with Gasteiger partial charge in [0.25, 0.3) is 0 Å². The number of benzene rings is 2. The molecule has 6 aromatic rings. The van der Waals surface area contributed by atoms with Crippen molar-refractivity contribution in [2.75, 3.05) is 13.2 Å². The summed E-state index contributed by atoms with van der Waals surface area (Å²) in [6, 6.07) is 18.5. The molecule has 14 heteroatoms. The van der Waals surface area contributed by atoms with Crippen molar-refractivity contribution in [3.8, 4) is 11.3 Å². The second kappa shape index (κ2) is 16.2. The van der Waals surface area contributed by atoms with E-state index in [-0.39, 0.29) is 30.3 Å². The molecule has 12 nitrogen and oxygen atoms in total. The van der Waals surface area contributed by atoms with Crippen LogP contribution in [-0.4, -0.2) is 73.0 Å². The van der Waals surface area contributed by atoms with E-state index in [1.807, 2.05) is 84.3 Å². The molecule has 0 unspecified atom stereocenters. The van der Waals surface area contributed by atoms with Crippen LogP contribution < -0.4 is 5.46 Å². The fraction of sp³-hybridized carbons (Fsp3) is 0.316. The maximum Gasteiger partial charge on any atom is 0.494 e. The number of ether oxygens (including phenoxy) is 2. The third-order valence-corrected chi connectivity index (χ3v) is 9.45. The molecule has 0 atom stereocenters. The van der Waals surface area contributed by atoms with Gasteiger partial charge >= 0.3 is 19.1 Å². The zero-order valence-corrected chi connectivity index (χ0v) is 32.2. The number of esters is 2. The highest BCUT2D eigenvalue weighted by atomic mass is 79.9. The van der Waals surface area contributed by atoms with Crippen molar-refractivity contribution < 1.29 is 28.4 Å². The molecule has 52 heavy (non-hydrogen) atoms. The van der Waals surface area contributed by atoms with Crippen LogP contribution in [0.25, 0.3) is 33.1 Å². The smallest absolute Gasteiger partial charge is 0.462 e. The van der Waals surface area contributed by atoms with Gasteiger partial charge in [-0.25, -0.2) is 9.59 Å². The van der Waals surface area contributed by atoms with E-state index in [4.69, 9.17) is 18.8 Å². The number of nitrogens with zero attached hydrogens (tertiary/aromatic N) is 6. The summed E-state index contributed by atoms with van der Waals surface area (Å²) >= 11 is 3.36. The number of hydrogen-bond acceptors (Lipinski definition) is 10. The Morgan fingerprint density at radius 3 is 1.69 bits per heavy atom. The molecule has 5 heterocycles. The lowest BCUT2D eigenvalue weighted by atomic mass is 9.80. The Balaban J connectivity index is 0.000000154. The summed E-state index contributed by atoms with van der Waals surface area (Å²) in [6.45, 7) is 12.5. The van der Waals surface area contributed by atoms with Crippen molar-refractivity contribution >= 4 is 62.3 Å². The average Bonchev–Trinajstić information content (AvgIpc) is 3.70. The Morgan fingerprint density at radius 2 is 1.17 bits per heavy atom. The quantitative estimate of drug-likeness (QED) is 0.133. The van der Waals surface area contributed by atoms with E-state index in [2.05, 4.69) is 36.1 Å². The number of rotatable bonds is 6. The first-order chi connectivity index (χ1) is 24.8. The van der Waals surface area contributed by atoms with Crippen LogP contribution >= 0.6 is 15.9 Å². The highest BCUT2D eigenvalue weighted by molar-refractivity contribution is 9.10. The van der Waals surface area contributed by atoms with E-state index < -0.39 is 0 Å². The Kier molecular flexibility index (Phi) is 11.9. The van der Waals surface area contributed by atoms with Gasteiger partial charge in [-0.05, 0) is 124 Å². The fourth-order valence-corrected chi connectivity index (χ4v) is 5.95. The molecule has 7 rings (SSSR count). The predicted molar refractivity (Wildman–Crippen MR) is 204 cm³/mol. The molecule has 0 spiro atoms. The molecule has 4 aromatic heterocycles. The van der Waals surface area contributed by atoms with Gasteiger partial charge in [0.05, 0.1) is 46.6 Å².